The quantitative estimate of drug-likeness (QED) is 0.599. The fraction of sp³-hybridized carbons (Fsp3) is 0.545. The molecule has 0 bridgehead atoms. The molecule has 1 heterocycles. The van der Waals surface area contributed by atoms with Crippen LogP contribution in [0.25, 0.3) is 0 Å². The van der Waals surface area contributed by atoms with E-state index in [1.807, 2.05) is 0 Å². The third kappa shape index (κ3) is 5.92. The normalized spacial score (nSPS) is 12.9. The molecule has 118 valence electrons. The number of carbonyl (C=O) groups excluding carboxylic acids is 1. The molecule has 1 aromatic heterocycles. The van der Waals surface area contributed by atoms with Gasteiger partial charge in [-0.15, -0.1) is 0 Å². The maximum atomic E-state index is 11.8. The van der Waals surface area contributed by atoms with Crippen molar-refractivity contribution in [1.82, 2.24) is 14.5 Å². The summed E-state index contributed by atoms with van der Waals surface area (Å²) in [5, 5.41) is 14.8. The summed E-state index contributed by atoms with van der Waals surface area (Å²) in [6, 6.07) is -0.940. The van der Waals surface area contributed by atoms with Crippen molar-refractivity contribution >= 4 is 27.6 Å². The Morgan fingerprint density at radius 2 is 2.14 bits per heavy atom. The molecular weight excluding hydrogens is 300 g/mol. The van der Waals surface area contributed by atoms with Crippen molar-refractivity contribution < 1.29 is 23.1 Å². The van der Waals surface area contributed by atoms with E-state index in [-0.39, 0.29) is 12.3 Å². The summed E-state index contributed by atoms with van der Waals surface area (Å²) in [5.41, 5.74) is 0.294. The smallest absolute Gasteiger partial charge is 0.325 e. The summed E-state index contributed by atoms with van der Waals surface area (Å²) in [4.78, 5) is 22.3. The molecule has 10 heteroatoms. The molecule has 1 unspecified atom stereocenters. The second kappa shape index (κ2) is 7.18. The molecule has 0 saturated carbocycles. The summed E-state index contributed by atoms with van der Waals surface area (Å²) in [6.45, 7) is 2.82. The van der Waals surface area contributed by atoms with Gasteiger partial charge in [0, 0.05) is 6.20 Å². The number of nitrogens with zero attached hydrogens (tertiary/aromatic N) is 2. The van der Waals surface area contributed by atoms with Gasteiger partial charge in [0.15, 0.2) is 0 Å². The van der Waals surface area contributed by atoms with Crippen LogP contribution in [0.5, 0.6) is 0 Å². The number of amides is 1. The van der Waals surface area contributed by atoms with Crippen LogP contribution < -0.4 is 10.0 Å². The minimum atomic E-state index is -3.49. The zero-order chi connectivity index (χ0) is 16.0. The summed E-state index contributed by atoms with van der Waals surface area (Å²) in [6.07, 6.45) is 3.08. The highest BCUT2D eigenvalue weighted by Gasteiger charge is 2.20. The third-order valence-corrected chi connectivity index (χ3v) is 4.08. The number of carboxylic acids is 1. The predicted molar refractivity (Wildman–Crippen MR) is 75.2 cm³/mol. The largest absolute Gasteiger partial charge is 0.480 e. The van der Waals surface area contributed by atoms with Gasteiger partial charge in [0.1, 0.15) is 6.54 Å². The predicted octanol–water partition coefficient (Wildman–Crippen LogP) is -0.376. The van der Waals surface area contributed by atoms with Crippen molar-refractivity contribution in [3.05, 3.63) is 12.4 Å². The van der Waals surface area contributed by atoms with E-state index in [9.17, 15) is 18.0 Å². The first-order valence-corrected chi connectivity index (χ1v) is 7.94. The highest BCUT2D eigenvalue weighted by molar-refractivity contribution is 7.89. The van der Waals surface area contributed by atoms with Crippen LogP contribution in [0.15, 0.2) is 12.4 Å². The number of hydrogen-bond donors (Lipinski definition) is 3. The molecule has 1 rings (SSSR count). The zero-order valence-electron chi connectivity index (χ0n) is 11.7. The van der Waals surface area contributed by atoms with Crippen LogP contribution in [0.4, 0.5) is 5.69 Å². The number of anilines is 1. The van der Waals surface area contributed by atoms with E-state index >= 15 is 0 Å². The molecular formula is C11H18N4O5S. The molecule has 0 aromatic carbocycles. The highest BCUT2D eigenvalue weighted by atomic mass is 32.2. The van der Waals surface area contributed by atoms with Gasteiger partial charge >= 0.3 is 5.97 Å². The summed E-state index contributed by atoms with van der Waals surface area (Å²) in [7, 11) is -3.49. The maximum Gasteiger partial charge on any atom is 0.325 e. The van der Waals surface area contributed by atoms with Crippen LogP contribution in [0, 0.1) is 0 Å². The fourth-order valence-electron chi connectivity index (χ4n) is 1.55. The van der Waals surface area contributed by atoms with Crippen molar-refractivity contribution in [2.24, 2.45) is 0 Å². The van der Waals surface area contributed by atoms with Crippen LogP contribution in [0.1, 0.15) is 20.3 Å². The molecule has 0 aliphatic heterocycles. The molecule has 0 spiro atoms. The van der Waals surface area contributed by atoms with Gasteiger partial charge in [-0.05, 0) is 13.3 Å². The van der Waals surface area contributed by atoms with Crippen LogP contribution in [0.3, 0.4) is 0 Å². The SMILES string of the molecule is CCCS(=O)(=O)NC(C)C(=O)Nc1cnn(CC(=O)O)c1. The number of hydrogen-bond acceptors (Lipinski definition) is 5. The number of rotatable bonds is 8. The van der Waals surface area contributed by atoms with Gasteiger partial charge in [0.05, 0.1) is 23.7 Å². The lowest BCUT2D eigenvalue weighted by atomic mass is 10.3. The van der Waals surface area contributed by atoms with Gasteiger partial charge < -0.3 is 10.4 Å². The van der Waals surface area contributed by atoms with Crippen molar-refractivity contribution in [2.75, 3.05) is 11.1 Å². The number of nitrogens with one attached hydrogen (secondary N) is 2. The topological polar surface area (TPSA) is 130 Å². The van der Waals surface area contributed by atoms with E-state index in [0.29, 0.717) is 12.1 Å². The maximum absolute atomic E-state index is 11.8. The van der Waals surface area contributed by atoms with E-state index < -0.39 is 27.9 Å². The molecule has 0 radical (unpaired) electrons. The van der Waals surface area contributed by atoms with Gasteiger partial charge in [-0.3, -0.25) is 14.3 Å². The molecule has 1 aromatic rings. The minimum Gasteiger partial charge on any atom is -0.480 e. The van der Waals surface area contributed by atoms with Gasteiger partial charge in [0.2, 0.25) is 15.9 Å². The van der Waals surface area contributed by atoms with Crippen LogP contribution in [-0.4, -0.2) is 47.0 Å². The second-order valence-electron chi connectivity index (χ2n) is 4.47. The average molecular weight is 318 g/mol. The van der Waals surface area contributed by atoms with Crippen LogP contribution in [0.2, 0.25) is 0 Å². The third-order valence-electron chi connectivity index (χ3n) is 2.42. The molecule has 0 aliphatic rings. The summed E-state index contributed by atoms with van der Waals surface area (Å²) >= 11 is 0. The monoisotopic (exact) mass is 318 g/mol. The number of aliphatic carboxylic acids is 1. The Morgan fingerprint density at radius 3 is 2.71 bits per heavy atom. The van der Waals surface area contributed by atoms with Gasteiger partial charge in [-0.2, -0.15) is 5.10 Å². The molecule has 1 amide bonds. The molecule has 21 heavy (non-hydrogen) atoms. The molecule has 1 atom stereocenters. The first-order chi connectivity index (χ1) is 9.73. The molecule has 0 saturated heterocycles. The highest BCUT2D eigenvalue weighted by Crippen LogP contribution is 2.06. The van der Waals surface area contributed by atoms with E-state index in [1.54, 1.807) is 6.92 Å². The number of carbonyl (C=O) groups is 2. The van der Waals surface area contributed by atoms with Gasteiger partial charge in [-0.1, -0.05) is 6.92 Å². The lowest BCUT2D eigenvalue weighted by molar-refractivity contribution is -0.137. The molecule has 3 N–H and O–H groups in total. The Kier molecular flexibility index (Phi) is 5.85. The van der Waals surface area contributed by atoms with E-state index in [2.05, 4.69) is 15.1 Å². The fourth-order valence-corrected chi connectivity index (χ4v) is 2.86. The minimum absolute atomic E-state index is 0.0544. The van der Waals surface area contributed by atoms with E-state index in [4.69, 9.17) is 5.11 Å². The Labute approximate surface area is 122 Å². The second-order valence-corrected chi connectivity index (χ2v) is 6.34. The number of carboxylic acid groups (broad SMARTS) is 1. The van der Waals surface area contributed by atoms with Gasteiger partial charge in [-0.25, -0.2) is 13.1 Å². The van der Waals surface area contributed by atoms with Crippen molar-refractivity contribution in [1.29, 1.82) is 0 Å². The van der Waals surface area contributed by atoms with Gasteiger partial charge in [0.25, 0.3) is 0 Å². The zero-order valence-corrected chi connectivity index (χ0v) is 12.6. The Morgan fingerprint density at radius 1 is 1.48 bits per heavy atom. The lowest BCUT2D eigenvalue weighted by Crippen LogP contribution is -2.42. The van der Waals surface area contributed by atoms with E-state index in [1.165, 1.54) is 19.3 Å². The number of aromatic nitrogens is 2. The summed E-state index contributed by atoms with van der Waals surface area (Å²) < 4.78 is 26.5. The van der Waals surface area contributed by atoms with Crippen molar-refractivity contribution in [3.8, 4) is 0 Å². The Bertz CT molecular complexity index is 610. The van der Waals surface area contributed by atoms with Crippen molar-refractivity contribution in [2.45, 2.75) is 32.9 Å². The Hall–Kier alpha value is -1.94. The Balaban J connectivity index is 2.60. The molecule has 0 aliphatic carbocycles. The average Bonchev–Trinajstić information content (AvgIpc) is 2.74. The lowest BCUT2D eigenvalue weighted by Gasteiger charge is -2.13. The number of sulfonamides is 1. The first-order valence-electron chi connectivity index (χ1n) is 6.28. The molecule has 0 fully saturated rings. The van der Waals surface area contributed by atoms with Crippen LogP contribution in [-0.2, 0) is 26.2 Å². The first kappa shape index (κ1) is 17.1. The van der Waals surface area contributed by atoms with Crippen molar-refractivity contribution in [3.63, 3.8) is 0 Å². The summed E-state index contributed by atoms with van der Waals surface area (Å²) in [5.74, 6) is -1.66. The van der Waals surface area contributed by atoms with E-state index in [0.717, 1.165) is 4.68 Å². The van der Waals surface area contributed by atoms with Crippen LogP contribution >= 0.6 is 0 Å². The molecule has 9 nitrogen and oxygen atoms in total. The standard InChI is InChI=1S/C11H18N4O5S/c1-3-4-21(19,20)14-8(2)11(18)13-9-5-12-15(6-9)7-10(16)17/h5-6,8,14H,3-4,7H2,1-2H3,(H,13,18)(H,16,17).